The van der Waals surface area contributed by atoms with Gasteiger partial charge in [0, 0.05) is 5.57 Å². The number of rotatable bonds is 13. The van der Waals surface area contributed by atoms with Crippen molar-refractivity contribution in [2.24, 2.45) is 0 Å². The van der Waals surface area contributed by atoms with Crippen molar-refractivity contribution in [3.63, 3.8) is 0 Å². The van der Waals surface area contributed by atoms with Crippen LogP contribution in [0.3, 0.4) is 0 Å². The first-order valence-corrected chi connectivity index (χ1v) is 18.0. The Labute approximate surface area is 162 Å². The lowest BCUT2D eigenvalue weighted by molar-refractivity contribution is -0.148. The van der Waals surface area contributed by atoms with Gasteiger partial charge in [0.1, 0.15) is 12.0 Å². The summed E-state index contributed by atoms with van der Waals surface area (Å²) in [5.74, 6) is -0.834. The van der Waals surface area contributed by atoms with Crippen molar-refractivity contribution in [2.75, 3.05) is 13.2 Å². The van der Waals surface area contributed by atoms with E-state index in [4.69, 9.17) is 18.0 Å². The van der Waals surface area contributed by atoms with Crippen LogP contribution in [0, 0.1) is 0 Å². The van der Waals surface area contributed by atoms with Crippen molar-refractivity contribution in [1.29, 1.82) is 0 Å². The Hall–Kier alpha value is -0.299. The zero-order chi connectivity index (χ0) is 20.5. The summed E-state index contributed by atoms with van der Waals surface area (Å²) in [5.41, 5.74) is 0.299. The van der Waals surface area contributed by atoms with Gasteiger partial charge >= 0.3 is 5.97 Å². The molecule has 2 unspecified atom stereocenters. The Bertz CT molecular complexity index is 429. The molecular formula is C17H38O6Si3. The molecule has 154 valence electrons. The third-order valence-corrected chi connectivity index (χ3v) is 8.21. The van der Waals surface area contributed by atoms with Crippen LogP contribution in [-0.2, 0) is 22.8 Å². The van der Waals surface area contributed by atoms with Crippen LogP contribution in [0.4, 0.5) is 0 Å². The third kappa shape index (κ3) is 12.2. The fraction of sp³-hybridized carbons (Fsp3) is 0.824. The van der Waals surface area contributed by atoms with Gasteiger partial charge in [-0.1, -0.05) is 19.9 Å². The number of ether oxygens (including phenoxy) is 1. The molecule has 1 N–H and O–H groups in total. The Balaban J connectivity index is 5.10. The maximum Gasteiger partial charge on any atom is 0.333 e. The third-order valence-electron chi connectivity index (χ3n) is 3.14. The molecule has 26 heavy (non-hydrogen) atoms. The summed E-state index contributed by atoms with van der Waals surface area (Å²) in [5, 5.41) is 9.49. The standard InChI is InChI=1S/C17H38O6Si3/c1-10-11-24(17(22-25(4,5)6)23-26(7,8)9)20-13-15(12-18)21-16(19)14(2)3/h15,17-18,24H,2,10-13H2,1,3-9H3. The SMILES string of the molecule is C=C(C)C(=O)OC(CO)CO[SiH](CCC)C(O[Si](C)(C)C)O[Si](C)(C)C. The fourth-order valence-corrected chi connectivity index (χ4v) is 8.94. The Morgan fingerprint density at radius 2 is 1.62 bits per heavy atom. The van der Waals surface area contributed by atoms with E-state index in [0.29, 0.717) is 5.57 Å². The quantitative estimate of drug-likeness (QED) is 0.213. The van der Waals surface area contributed by atoms with E-state index in [1.807, 2.05) is 0 Å². The van der Waals surface area contributed by atoms with E-state index in [-0.39, 0.29) is 19.1 Å². The maximum atomic E-state index is 11.7. The van der Waals surface area contributed by atoms with Gasteiger partial charge in [-0.25, -0.2) is 4.79 Å². The van der Waals surface area contributed by atoms with Crippen molar-refractivity contribution < 1.29 is 27.9 Å². The summed E-state index contributed by atoms with van der Waals surface area (Å²) < 4.78 is 24.0. The lowest BCUT2D eigenvalue weighted by Crippen LogP contribution is -2.50. The molecule has 9 heteroatoms. The van der Waals surface area contributed by atoms with Gasteiger partial charge in [-0.3, -0.25) is 0 Å². The summed E-state index contributed by atoms with van der Waals surface area (Å²) in [4.78, 5) is 11.7. The van der Waals surface area contributed by atoms with E-state index in [9.17, 15) is 9.90 Å². The monoisotopic (exact) mass is 422 g/mol. The number of aliphatic hydroxyl groups is 1. The number of hydrogen-bond acceptors (Lipinski definition) is 6. The van der Waals surface area contributed by atoms with Crippen LogP contribution in [0.15, 0.2) is 12.2 Å². The maximum absolute atomic E-state index is 11.7. The highest BCUT2D eigenvalue weighted by molar-refractivity contribution is 6.72. The first kappa shape index (κ1) is 25.7. The van der Waals surface area contributed by atoms with E-state index >= 15 is 0 Å². The van der Waals surface area contributed by atoms with Crippen LogP contribution >= 0.6 is 0 Å². The molecule has 0 spiro atoms. The fourth-order valence-electron chi connectivity index (χ4n) is 2.06. The molecular weight excluding hydrogens is 384 g/mol. The van der Waals surface area contributed by atoms with E-state index in [0.717, 1.165) is 12.5 Å². The number of esters is 1. The molecule has 0 bridgehead atoms. The predicted octanol–water partition coefficient (Wildman–Crippen LogP) is 3.19. The highest BCUT2D eigenvalue weighted by Gasteiger charge is 2.35. The van der Waals surface area contributed by atoms with Gasteiger partial charge in [0.15, 0.2) is 16.6 Å². The first-order valence-electron chi connectivity index (χ1n) is 9.23. The second-order valence-corrected chi connectivity index (χ2v) is 19.9. The molecule has 0 amide bonds. The molecule has 0 aromatic rings. The second-order valence-electron chi connectivity index (χ2n) is 8.48. The summed E-state index contributed by atoms with van der Waals surface area (Å²) >= 11 is 0. The van der Waals surface area contributed by atoms with Gasteiger partial charge in [-0.15, -0.1) is 0 Å². The molecule has 0 aliphatic rings. The zero-order valence-corrected chi connectivity index (χ0v) is 20.9. The van der Waals surface area contributed by atoms with Crippen LogP contribution in [0.1, 0.15) is 20.3 Å². The number of aliphatic hydroxyl groups excluding tert-OH is 1. The molecule has 0 aromatic heterocycles. The highest BCUT2D eigenvalue weighted by atomic mass is 28.4. The average Bonchev–Trinajstić information content (AvgIpc) is 2.45. The lowest BCUT2D eigenvalue weighted by atomic mass is 10.3. The first-order chi connectivity index (χ1) is 11.8. The minimum atomic E-state index is -1.89. The summed E-state index contributed by atoms with van der Waals surface area (Å²) in [6.45, 7) is 19.9. The average molecular weight is 423 g/mol. The number of carbonyl (C=O) groups is 1. The molecule has 0 heterocycles. The molecule has 0 rings (SSSR count). The van der Waals surface area contributed by atoms with Gasteiger partial charge in [0.2, 0.25) is 9.04 Å². The van der Waals surface area contributed by atoms with Crippen molar-refractivity contribution in [1.82, 2.24) is 0 Å². The van der Waals surface area contributed by atoms with Gasteiger partial charge in [0.05, 0.1) is 13.2 Å². The molecule has 6 nitrogen and oxygen atoms in total. The topological polar surface area (TPSA) is 74.2 Å². The normalized spacial score (nSPS) is 15.0. The molecule has 0 radical (unpaired) electrons. The van der Waals surface area contributed by atoms with Gasteiger partial charge in [-0.05, 0) is 52.2 Å². The highest BCUT2D eigenvalue weighted by Crippen LogP contribution is 2.20. The van der Waals surface area contributed by atoms with Crippen LogP contribution in [0.25, 0.3) is 0 Å². The van der Waals surface area contributed by atoms with Crippen molar-refractivity contribution in [2.45, 2.75) is 77.6 Å². The van der Waals surface area contributed by atoms with Crippen LogP contribution < -0.4 is 0 Å². The van der Waals surface area contributed by atoms with E-state index in [1.165, 1.54) is 0 Å². The Morgan fingerprint density at radius 3 is 1.96 bits per heavy atom. The molecule has 0 aliphatic heterocycles. The van der Waals surface area contributed by atoms with Gasteiger partial charge < -0.3 is 23.1 Å². The Kier molecular flexibility index (Phi) is 11.4. The van der Waals surface area contributed by atoms with Crippen molar-refractivity contribution in [3.05, 3.63) is 12.2 Å². The van der Waals surface area contributed by atoms with Gasteiger partial charge in [-0.2, -0.15) is 0 Å². The summed E-state index contributed by atoms with van der Waals surface area (Å²) in [6, 6.07) is 0.895. The largest absolute Gasteiger partial charge is 0.454 e. The van der Waals surface area contributed by atoms with Crippen molar-refractivity contribution in [3.8, 4) is 0 Å². The lowest BCUT2D eigenvalue weighted by Gasteiger charge is -2.36. The van der Waals surface area contributed by atoms with E-state index < -0.39 is 37.7 Å². The van der Waals surface area contributed by atoms with E-state index in [1.54, 1.807) is 6.92 Å². The van der Waals surface area contributed by atoms with Crippen LogP contribution in [0.2, 0.25) is 45.3 Å². The van der Waals surface area contributed by atoms with Crippen LogP contribution in [-0.4, -0.2) is 62.0 Å². The number of carbonyl (C=O) groups excluding carboxylic acids is 1. The van der Waals surface area contributed by atoms with Crippen LogP contribution in [0.5, 0.6) is 0 Å². The molecule has 0 saturated carbocycles. The minimum Gasteiger partial charge on any atom is -0.454 e. The summed E-state index contributed by atoms with van der Waals surface area (Å²) in [6.07, 6.45) is 0.262. The molecule has 0 aromatic carbocycles. The summed E-state index contributed by atoms with van der Waals surface area (Å²) in [7, 11) is -5.51. The van der Waals surface area contributed by atoms with E-state index in [2.05, 4.69) is 52.8 Å². The Morgan fingerprint density at radius 1 is 1.12 bits per heavy atom. The molecule has 0 fully saturated rings. The smallest absolute Gasteiger partial charge is 0.333 e. The van der Waals surface area contributed by atoms with Gasteiger partial charge in [0.25, 0.3) is 0 Å². The number of hydrogen-bond donors (Lipinski definition) is 1. The molecule has 0 saturated heterocycles. The zero-order valence-electron chi connectivity index (χ0n) is 17.8. The molecule has 2 atom stereocenters. The molecule has 0 aliphatic carbocycles. The van der Waals surface area contributed by atoms with Crippen molar-refractivity contribution >= 4 is 31.6 Å². The second kappa shape index (κ2) is 11.5. The minimum absolute atomic E-state index is 0.146. The predicted molar refractivity (Wildman–Crippen MR) is 113 cm³/mol.